The number of aromatic nitrogens is 2. The molecule has 9 heteroatoms. The summed E-state index contributed by atoms with van der Waals surface area (Å²) in [6, 6.07) is 19.1. The molecule has 204 valence electrons. The van der Waals surface area contributed by atoms with Gasteiger partial charge in [-0.3, -0.25) is 9.78 Å². The van der Waals surface area contributed by atoms with E-state index in [0.717, 1.165) is 47.8 Å². The SMILES string of the molecule is CC(Cc1c[nH]c2ccccc12)(NS(=O)(=O)c1ccc(Cl)cc1)C(=O)NC(c1ccccn1)C1CCCCC1. The molecule has 1 aliphatic carbocycles. The Kier molecular flexibility index (Phi) is 8.07. The van der Waals surface area contributed by atoms with Crippen molar-refractivity contribution in [1.82, 2.24) is 20.0 Å². The largest absolute Gasteiger partial charge is 0.361 e. The first-order valence-electron chi connectivity index (χ1n) is 13.3. The van der Waals surface area contributed by atoms with Crippen molar-refractivity contribution in [2.24, 2.45) is 5.92 Å². The van der Waals surface area contributed by atoms with Gasteiger partial charge in [0.15, 0.2) is 0 Å². The topological polar surface area (TPSA) is 104 Å². The molecule has 1 amide bonds. The maximum atomic E-state index is 14.2. The number of benzene rings is 2. The van der Waals surface area contributed by atoms with Crippen LogP contribution in [0.4, 0.5) is 0 Å². The van der Waals surface area contributed by atoms with E-state index in [1.807, 2.05) is 48.7 Å². The number of H-pyrrole nitrogens is 1. The van der Waals surface area contributed by atoms with Gasteiger partial charge in [0.1, 0.15) is 5.54 Å². The Morgan fingerprint density at radius 3 is 2.49 bits per heavy atom. The molecule has 3 N–H and O–H groups in total. The van der Waals surface area contributed by atoms with Crippen LogP contribution >= 0.6 is 11.6 Å². The van der Waals surface area contributed by atoms with Gasteiger partial charge in [-0.1, -0.05) is 55.1 Å². The number of pyridine rings is 1. The van der Waals surface area contributed by atoms with Crippen molar-refractivity contribution in [2.75, 3.05) is 0 Å². The molecule has 2 aromatic carbocycles. The number of rotatable bonds is 9. The number of aromatic amines is 1. The van der Waals surface area contributed by atoms with E-state index in [2.05, 4.69) is 20.0 Å². The number of nitrogens with zero attached hydrogens (tertiary/aromatic N) is 1. The number of carbonyl (C=O) groups excluding carboxylic acids is 1. The summed E-state index contributed by atoms with van der Waals surface area (Å²) in [6.45, 7) is 1.65. The molecule has 2 aromatic heterocycles. The highest BCUT2D eigenvalue weighted by atomic mass is 35.5. The number of halogens is 1. The molecule has 1 aliphatic rings. The molecular formula is C30H33ClN4O3S. The normalized spacial score (nSPS) is 17.0. The predicted octanol–water partition coefficient (Wildman–Crippen LogP) is 5.93. The molecule has 0 radical (unpaired) electrons. The van der Waals surface area contributed by atoms with Gasteiger partial charge in [0, 0.05) is 34.7 Å². The van der Waals surface area contributed by atoms with Gasteiger partial charge in [-0.2, -0.15) is 4.72 Å². The van der Waals surface area contributed by atoms with Crippen LogP contribution in [0.2, 0.25) is 5.02 Å². The summed E-state index contributed by atoms with van der Waals surface area (Å²) in [6.07, 6.45) is 9.05. The molecule has 1 saturated carbocycles. The molecule has 0 aliphatic heterocycles. The Balaban J connectivity index is 1.51. The van der Waals surface area contributed by atoms with Gasteiger partial charge < -0.3 is 10.3 Å². The molecule has 5 rings (SSSR count). The molecule has 7 nitrogen and oxygen atoms in total. The number of carbonyl (C=O) groups is 1. The van der Waals surface area contributed by atoms with Gasteiger partial charge in [-0.05, 0) is 73.7 Å². The fourth-order valence-electron chi connectivity index (χ4n) is 5.55. The van der Waals surface area contributed by atoms with Crippen molar-refractivity contribution in [2.45, 2.75) is 61.9 Å². The lowest BCUT2D eigenvalue weighted by atomic mass is 9.82. The van der Waals surface area contributed by atoms with Crippen LogP contribution in [-0.4, -0.2) is 29.8 Å². The number of para-hydroxylation sites is 1. The van der Waals surface area contributed by atoms with Crippen LogP contribution < -0.4 is 10.0 Å². The Hall–Kier alpha value is -3.20. The van der Waals surface area contributed by atoms with Crippen molar-refractivity contribution in [3.05, 3.63) is 95.4 Å². The van der Waals surface area contributed by atoms with E-state index in [1.165, 1.54) is 30.7 Å². The number of fused-ring (bicyclic) bond motifs is 1. The molecule has 39 heavy (non-hydrogen) atoms. The van der Waals surface area contributed by atoms with E-state index in [-0.39, 0.29) is 23.3 Å². The van der Waals surface area contributed by atoms with Crippen LogP contribution in [0.25, 0.3) is 10.9 Å². The van der Waals surface area contributed by atoms with Gasteiger partial charge in [0.2, 0.25) is 15.9 Å². The highest BCUT2D eigenvalue weighted by Crippen LogP contribution is 2.35. The Labute approximate surface area is 234 Å². The smallest absolute Gasteiger partial charge is 0.241 e. The lowest BCUT2D eigenvalue weighted by molar-refractivity contribution is -0.127. The van der Waals surface area contributed by atoms with Crippen molar-refractivity contribution >= 4 is 38.4 Å². The van der Waals surface area contributed by atoms with Crippen LogP contribution in [0.15, 0.2) is 84.0 Å². The van der Waals surface area contributed by atoms with E-state index in [9.17, 15) is 13.2 Å². The second-order valence-electron chi connectivity index (χ2n) is 10.5. The summed E-state index contributed by atoms with van der Waals surface area (Å²) in [7, 11) is -4.06. The predicted molar refractivity (Wildman–Crippen MR) is 154 cm³/mol. The van der Waals surface area contributed by atoms with Crippen molar-refractivity contribution in [1.29, 1.82) is 0 Å². The fraction of sp³-hybridized carbons (Fsp3) is 0.333. The van der Waals surface area contributed by atoms with Crippen LogP contribution in [-0.2, 0) is 21.2 Å². The zero-order valence-corrected chi connectivity index (χ0v) is 23.4. The molecule has 0 bridgehead atoms. The first kappa shape index (κ1) is 27.4. The number of nitrogens with one attached hydrogen (secondary N) is 3. The Morgan fingerprint density at radius 1 is 1.05 bits per heavy atom. The van der Waals surface area contributed by atoms with Gasteiger partial charge in [0.05, 0.1) is 16.6 Å². The molecule has 0 saturated heterocycles. The first-order chi connectivity index (χ1) is 18.7. The summed E-state index contributed by atoms with van der Waals surface area (Å²) < 4.78 is 29.9. The number of hydrogen-bond acceptors (Lipinski definition) is 4. The van der Waals surface area contributed by atoms with Crippen LogP contribution in [0, 0.1) is 5.92 Å². The lowest BCUT2D eigenvalue weighted by Crippen LogP contribution is -2.59. The number of amides is 1. The number of hydrogen-bond donors (Lipinski definition) is 3. The third-order valence-corrected chi connectivity index (χ3v) is 9.48. The number of sulfonamides is 1. The third kappa shape index (κ3) is 6.19. The fourth-order valence-corrected chi connectivity index (χ4v) is 7.05. The van der Waals surface area contributed by atoms with Crippen LogP contribution in [0.3, 0.4) is 0 Å². The Morgan fingerprint density at radius 2 is 1.77 bits per heavy atom. The monoisotopic (exact) mass is 564 g/mol. The summed E-state index contributed by atoms with van der Waals surface area (Å²) >= 11 is 6.00. The average molecular weight is 565 g/mol. The molecule has 1 fully saturated rings. The molecule has 2 unspecified atom stereocenters. The third-order valence-electron chi connectivity index (χ3n) is 7.62. The quantitative estimate of drug-likeness (QED) is 0.234. The summed E-state index contributed by atoms with van der Waals surface area (Å²) in [4.78, 5) is 22.1. The second kappa shape index (κ2) is 11.5. The van der Waals surface area contributed by atoms with E-state index in [1.54, 1.807) is 13.1 Å². The van der Waals surface area contributed by atoms with E-state index >= 15 is 0 Å². The minimum absolute atomic E-state index is 0.0402. The molecule has 0 spiro atoms. The van der Waals surface area contributed by atoms with E-state index < -0.39 is 21.5 Å². The maximum Gasteiger partial charge on any atom is 0.241 e. The second-order valence-corrected chi connectivity index (χ2v) is 12.7. The average Bonchev–Trinajstić information content (AvgIpc) is 3.34. The summed E-state index contributed by atoms with van der Waals surface area (Å²) in [5.74, 6) is -0.172. The first-order valence-corrected chi connectivity index (χ1v) is 15.2. The van der Waals surface area contributed by atoms with Gasteiger partial charge in [-0.15, -0.1) is 0 Å². The molecule has 2 atom stereocenters. The zero-order chi connectivity index (χ0) is 27.5. The van der Waals surface area contributed by atoms with Gasteiger partial charge >= 0.3 is 0 Å². The molecule has 2 heterocycles. The zero-order valence-electron chi connectivity index (χ0n) is 21.9. The standard InChI is InChI=1S/C30H33ClN4O3S/c1-30(19-22-20-33-26-12-6-5-11-25(22)26,35-39(37,38)24-16-14-23(31)15-17-24)29(36)34-28(21-9-3-2-4-10-21)27-13-7-8-18-32-27/h5-8,11-18,20-21,28,33,35H,2-4,9-10,19H2,1H3,(H,34,36). The Bertz CT molecular complexity index is 1530. The van der Waals surface area contributed by atoms with Crippen LogP contribution in [0.5, 0.6) is 0 Å². The maximum absolute atomic E-state index is 14.2. The van der Waals surface area contributed by atoms with Crippen molar-refractivity contribution in [3.63, 3.8) is 0 Å². The highest BCUT2D eigenvalue weighted by molar-refractivity contribution is 7.89. The van der Waals surface area contributed by atoms with E-state index in [4.69, 9.17) is 11.6 Å². The summed E-state index contributed by atoms with van der Waals surface area (Å²) in [5.41, 5.74) is 1.05. The minimum Gasteiger partial charge on any atom is -0.361 e. The van der Waals surface area contributed by atoms with Gasteiger partial charge in [0.25, 0.3) is 0 Å². The van der Waals surface area contributed by atoms with E-state index in [0.29, 0.717) is 5.02 Å². The highest BCUT2D eigenvalue weighted by Gasteiger charge is 2.41. The lowest BCUT2D eigenvalue weighted by Gasteiger charge is -2.35. The molecular weight excluding hydrogens is 532 g/mol. The molecule has 4 aromatic rings. The van der Waals surface area contributed by atoms with Gasteiger partial charge in [-0.25, -0.2) is 8.42 Å². The van der Waals surface area contributed by atoms with Crippen molar-refractivity contribution < 1.29 is 13.2 Å². The van der Waals surface area contributed by atoms with Crippen LogP contribution in [0.1, 0.15) is 56.3 Å². The van der Waals surface area contributed by atoms with Crippen molar-refractivity contribution in [3.8, 4) is 0 Å². The summed E-state index contributed by atoms with van der Waals surface area (Å²) in [5, 5.41) is 4.60. The minimum atomic E-state index is -4.06.